The van der Waals surface area contributed by atoms with Crippen molar-refractivity contribution in [1.82, 2.24) is 10.9 Å². The highest BCUT2D eigenvalue weighted by atomic mass is 35.5. The van der Waals surface area contributed by atoms with Gasteiger partial charge in [-0.2, -0.15) is 0 Å². The van der Waals surface area contributed by atoms with Crippen molar-refractivity contribution in [3.05, 3.63) is 64.1 Å². The SMILES string of the molecule is O=C(NNC1CC(=O)N(c2ccccc2)C1=O)c1ccc(Cl)cc1Cl. The third-order valence-corrected chi connectivity index (χ3v) is 4.24. The van der Waals surface area contributed by atoms with E-state index in [2.05, 4.69) is 10.9 Å². The molecule has 0 spiro atoms. The summed E-state index contributed by atoms with van der Waals surface area (Å²) in [5.41, 5.74) is 5.70. The predicted molar refractivity (Wildman–Crippen MR) is 94.4 cm³/mol. The molecule has 2 aromatic carbocycles. The molecule has 128 valence electrons. The fourth-order valence-electron chi connectivity index (χ4n) is 2.49. The van der Waals surface area contributed by atoms with Crippen molar-refractivity contribution >= 4 is 46.6 Å². The molecule has 0 bridgehead atoms. The van der Waals surface area contributed by atoms with E-state index >= 15 is 0 Å². The summed E-state index contributed by atoms with van der Waals surface area (Å²) in [6.45, 7) is 0. The van der Waals surface area contributed by atoms with Gasteiger partial charge in [-0.15, -0.1) is 0 Å². The molecule has 8 heteroatoms. The average molecular weight is 378 g/mol. The highest BCUT2D eigenvalue weighted by Crippen LogP contribution is 2.23. The summed E-state index contributed by atoms with van der Waals surface area (Å²) in [5, 5.41) is 0.594. The quantitative estimate of drug-likeness (QED) is 0.633. The zero-order valence-electron chi connectivity index (χ0n) is 12.8. The Morgan fingerprint density at radius 2 is 1.80 bits per heavy atom. The summed E-state index contributed by atoms with van der Waals surface area (Å²) in [6.07, 6.45) is -0.0532. The van der Waals surface area contributed by atoms with Crippen molar-refractivity contribution in [2.75, 3.05) is 4.90 Å². The van der Waals surface area contributed by atoms with Gasteiger partial charge in [-0.1, -0.05) is 41.4 Å². The molecular formula is C17H13Cl2N3O3. The normalized spacial score (nSPS) is 17.0. The fraction of sp³-hybridized carbons (Fsp3) is 0.118. The summed E-state index contributed by atoms with van der Waals surface area (Å²) in [7, 11) is 0. The van der Waals surface area contributed by atoms with Crippen molar-refractivity contribution < 1.29 is 14.4 Å². The van der Waals surface area contributed by atoms with Crippen molar-refractivity contribution in [2.45, 2.75) is 12.5 Å². The van der Waals surface area contributed by atoms with Crippen molar-refractivity contribution in [1.29, 1.82) is 0 Å². The van der Waals surface area contributed by atoms with Crippen molar-refractivity contribution in [2.24, 2.45) is 0 Å². The Morgan fingerprint density at radius 1 is 1.08 bits per heavy atom. The minimum absolute atomic E-state index is 0.0532. The maximum Gasteiger partial charge on any atom is 0.266 e. The van der Waals surface area contributed by atoms with Gasteiger partial charge in [0.2, 0.25) is 5.91 Å². The van der Waals surface area contributed by atoms with Gasteiger partial charge in [-0.05, 0) is 30.3 Å². The van der Waals surface area contributed by atoms with Crippen LogP contribution in [0, 0.1) is 0 Å². The van der Waals surface area contributed by atoms with Crippen molar-refractivity contribution in [3.8, 4) is 0 Å². The second-order valence-corrected chi connectivity index (χ2v) is 6.23. The van der Waals surface area contributed by atoms with Gasteiger partial charge in [-0.25, -0.2) is 10.3 Å². The number of halogens is 2. The van der Waals surface area contributed by atoms with Crippen LogP contribution in [-0.2, 0) is 9.59 Å². The molecule has 0 aliphatic carbocycles. The lowest BCUT2D eigenvalue weighted by molar-refractivity contribution is -0.121. The van der Waals surface area contributed by atoms with E-state index in [0.717, 1.165) is 4.90 Å². The smallest absolute Gasteiger partial charge is 0.266 e. The first-order chi connectivity index (χ1) is 12.0. The summed E-state index contributed by atoms with van der Waals surface area (Å²) in [4.78, 5) is 37.8. The number of carbonyl (C=O) groups is 3. The van der Waals surface area contributed by atoms with Gasteiger partial charge < -0.3 is 0 Å². The molecular weight excluding hydrogens is 365 g/mol. The van der Waals surface area contributed by atoms with E-state index in [1.807, 2.05) is 0 Å². The van der Waals surface area contributed by atoms with Crippen LogP contribution in [0.25, 0.3) is 0 Å². The highest BCUT2D eigenvalue weighted by molar-refractivity contribution is 6.36. The second-order valence-electron chi connectivity index (χ2n) is 5.38. The molecule has 0 saturated carbocycles. The van der Waals surface area contributed by atoms with Gasteiger partial charge in [0, 0.05) is 5.02 Å². The zero-order valence-corrected chi connectivity index (χ0v) is 14.3. The van der Waals surface area contributed by atoms with Crippen LogP contribution in [0.4, 0.5) is 5.69 Å². The Balaban J connectivity index is 1.67. The van der Waals surface area contributed by atoms with Crippen LogP contribution in [0.3, 0.4) is 0 Å². The topological polar surface area (TPSA) is 78.5 Å². The second kappa shape index (κ2) is 7.23. The van der Waals surface area contributed by atoms with Crippen LogP contribution < -0.4 is 15.8 Å². The zero-order chi connectivity index (χ0) is 18.0. The highest BCUT2D eigenvalue weighted by Gasteiger charge is 2.39. The van der Waals surface area contributed by atoms with Gasteiger partial charge in [-0.3, -0.25) is 19.8 Å². The number of nitrogens with zero attached hydrogens (tertiary/aromatic N) is 1. The lowest BCUT2D eigenvalue weighted by atomic mass is 10.2. The molecule has 1 aliphatic rings. The Morgan fingerprint density at radius 3 is 2.48 bits per heavy atom. The van der Waals surface area contributed by atoms with Crippen LogP contribution in [0.2, 0.25) is 10.0 Å². The number of imide groups is 1. The number of nitrogens with one attached hydrogen (secondary N) is 2. The third kappa shape index (κ3) is 3.66. The number of hydrazine groups is 1. The summed E-state index contributed by atoms with van der Waals surface area (Å²) in [5.74, 6) is -1.30. The van der Waals surface area contributed by atoms with E-state index in [0.29, 0.717) is 10.7 Å². The van der Waals surface area contributed by atoms with Crippen LogP contribution in [0.5, 0.6) is 0 Å². The minimum atomic E-state index is -0.845. The molecule has 1 unspecified atom stereocenters. The van der Waals surface area contributed by atoms with Gasteiger partial charge in [0.15, 0.2) is 0 Å². The number of carbonyl (C=O) groups excluding carboxylic acids is 3. The summed E-state index contributed by atoms with van der Waals surface area (Å²) < 4.78 is 0. The lowest BCUT2D eigenvalue weighted by Gasteiger charge is -2.16. The Bertz CT molecular complexity index is 842. The summed E-state index contributed by atoms with van der Waals surface area (Å²) >= 11 is 11.8. The Labute approximate surface area is 153 Å². The lowest BCUT2D eigenvalue weighted by Crippen LogP contribution is -2.48. The molecule has 3 rings (SSSR count). The number of para-hydroxylation sites is 1. The number of amides is 3. The van der Waals surface area contributed by atoms with E-state index in [9.17, 15) is 14.4 Å². The number of hydrogen-bond acceptors (Lipinski definition) is 4. The monoisotopic (exact) mass is 377 g/mol. The van der Waals surface area contributed by atoms with E-state index in [1.54, 1.807) is 30.3 Å². The van der Waals surface area contributed by atoms with E-state index in [4.69, 9.17) is 23.2 Å². The number of hydrogen-bond donors (Lipinski definition) is 2. The largest absolute Gasteiger partial charge is 0.287 e. The van der Waals surface area contributed by atoms with E-state index < -0.39 is 17.9 Å². The molecule has 25 heavy (non-hydrogen) atoms. The Hall–Kier alpha value is -2.41. The average Bonchev–Trinajstić information content (AvgIpc) is 2.87. The van der Waals surface area contributed by atoms with Crippen LogP contribution in [-0.4, -0.2) is 23.8 Å². The minimum Gasteiger partial charge on any atom is -0.287 e. The first-order valence-electron chi connectivity index (χ1n) is 7.40. The molecule has 0 aromatic heterocycles. The number of benzene rings is 2. The number of anilines is 1. The molecule has 2 aromatic rings. The molecule has 1 aliphatic heterocycles. The van der Waals surface area contributed by atoms with Crippen molar-refractivity contribution in [3.63, 3.8) is 0 Å². The molecule has 3 amide bonds. The van der Waals surface area contributed by atoms with Gasteiger partial charge >= 0.3 is 0 Å². The van der Waals surface area contributed by atoms with Gasteiger partial charge in [0.25, 0.3) is 11.8 Å². The first kappa shape index (κ1) is 17.4. The maximum absolute atomic E-state index is 12.4. The van der Waals surface area contributed by atoms with E-state index in [1.165, 1.54) is 18.2 Å². The molecule has 1 fully saturated rings. The van der Waals surface area contributed by atoms with Gasteiger partial charge in [0.1, 0.15) is 6.04 Å². The number of rotatable bonds is 4. The molecule has 1 saturated heterocycles. The first-order valence-corrected chi connectivity index (χ1v) is 8.15. The predicted octanol–water partition coefficient (Wildman–Crippen LogP) is 2.56. The molecule has 1 heterocycles. The maximum atomic E-state index is 12.4. The molecule has 1 atom stereocenters. The van der Waals surface area contributed by atoms with Crippen LogP contribution in [0.15, 0.2) is 48.5 Å². The molecule has 2 N–H and O–H groups in total. The van der Waals surface area contributed by atoms with Gasteiger partial charge in [0.05, 0.1) is 22.7 Å². The van der Waals surface area contributed by atoms with Crippen LogP contribution >= 0.6 is 23.2 Å². The molecule has 6 nitrogen and oxygen atoms in total. The third-order valence-electron chi connectivity index (χ3n) is 3.70. The molecule has 0 radical (unpaired) electrons. The van der Waals surface area contributed by atoms with E-state index in [-0.39, 0.29) is 22.9 Å². The Kier molecular flexibility index (Phi) is 5.03. The fourth-order valence-corrected chi connectivity index (χ4v) is 2.98. The van der Waals surface area contributed by atoms with Crippen LogP contribution in [0.1, 0.15) is 16.8 Å². The summed E-state index contributed by atoms with van der Waals surface area (Å²) in [6, 6.07) is 12.2. The standard InChI is InChI=1S/C17H13Cl2N3O3/c18-10-6-7-12(13(19)8-10)16(24)21-20-14-9-15(23)22(17(14)25)11-4-2-1-3-5-11/h1-8,14,20H,9H2,(H,21,24).